The van der Waals surface area contributed by atoms with Crippen molar-refractivity contribution in [2.75, 3.05) is 20.8 Å². The SMILES string of the molecule is COc1ccc(Cc2nc3ccccc3n2CC(O)COc2ccccc2C)cc1OC. The standard InChI is InChI=1S/C26H28N2O4/c1-18-8-4-7-11-23(18)32-17-20(29)16-28-22-10-6-5-9-21(22)27-26(28)15-19-12-13-24(30-2)25(14-19)31-3/h4-14,20,29H,15-17H2,1-3H3. The Bertz CT molecular complexity index is 1200. The Hall–Kier alpha value is -3.51. The van der Waals surface area contributed by atoms with Crippen LogP contribution in [-0.2, 0) is 13.0 Å². The Kier molecular flexibility index (Phi) is 6.61. The number of aliphatic hydroxyl groups excluding tert-OH is 1. The van der Waals surface area contributed by atoms with Crippen LogP contribution < -0.4 is 14.2 Å². The fourth-order valence-electron chi connectivity index (χ4n) is 3.81. The summed E-state index contributed by atoms with van der Waals surface area (Å²) in [6.45, 7) is 2.58. The predicted molar refractivity (Wildman–Crippen MR) is 125 cm³/mol. The van der Waals surface area contributed by atoms with Crippen LogP contribution in [0.3, 0.4) is 0 Å². The van der Waals surface area contributed by atoms with Crippen LogP contribution in [-0.4, -0.2) is 41.6 Å². The largest absolute Gasteiger partial charge is 0.493 e. The number of aliphatic hydroxyl groups is 1. The van der Waals surface area contributed by atoms with Gasteiger partial charge in [0.15, 0.2) is 11.5 Å². The zero-order valence-electron chi connectivity index (χ0n) is 18.6. The lowest BCUT2D eigenvalue weighted by atomic mass is 10.1. The lowest BCUT2D eigenvalue weighted by Crippen LogP contribution is -2.24. The van der Waals surface area contributed by atoms with E-state index in [0.29, 0.717) is 24.5 Å². The third kappa shape index (κ3) is 4.70. The maximum absolute atomic E-state index is 10.8. The summed E-state index contributed by atoms with van der Waals surface area (Å²) in [5.41, 5.74) is 3.97. The zero-order chi connectivity index (χ0) is 22.5. The van der Waals surface area contributed by atoms with Crippen LogP contribution in [0.5, 0.6) is 17.2 Å². The van der Waals surface area contributed by atoms with Crippen molar-refractivity contribution in [3.8, 4) is 17.2 Å². The fourth-order valence-corrected chi connectivity index (χ4v) is 3.81. The van der Waals surface area contributed by atoms with Gasteiger partial charge in [0.1, 0.15) is 24.3 Å². The Morgan fingerprint density at radius 3 is 2.44 bits per heavy atom. The number of imidazole rings is 1. The van der Waals surface area contributed by atoms with Gasteiger partial charge in [0.25, 0.3) is 0 Å². The van der Waals surface area contributed by atoms with E-state index in [1.165, 1.54) is 0 Å². The van der Waals surface area contributed by atoms with Crippen molar-refractivity contribution in [1.29, 1.82) is 0 Å². The van der Waals surface area contributed by atoms with Gasteiger partial charge in [0.05, 0.1) is 31.8 Å². The predicted octanol–water partition coefficient (Wildman–Crippen LogP) is 4.39. The van der Waals surface area contributed by atoms with E-state index in [1.807, 2.05) is 73.7 Å². The monoisotopic (exact) mass is 432 g/mol. The highest BCUT2D eigenvalue weighted by Gasteiger charge is 2.16. The highest BCUT2D eigenvalue weighted by Crippen LogP contribution is 2.29. The number of para-hydroxylation sites is 3. The normalized spacial score (nSPS) is 12.0. The molecule has 0 aliphatic heterocycles. The van der Waals surface area contributed by atoms with Crippen LogP contribution in [0.2, 0.25) is 0 Å². The van der Waals surface area contributed by atoms with Crippen molar-refractivity contribution in [3.05, 3.63) is 83.7 Å². The molecule has 166 valence electrons. The molecule has 0 aliphatic rings. The van der Waals surface area contributed by atoms with E-state index >= 15 is 0 Å². The maximum Gasteiger partial charge on any atom is 0.161 e. The van der Waals surface area contributed by atoms with Gasteiger partial charge >= 0.3 is 0 Å². The van der Waals surface area contributed by atoms with Crippen molar-refractivity contribution in [2.24, 2.45) is 0 Å². The molecular formula is C26H28N2O4. The molecule has 0 amide bonds. The summed E-state index contributed by atoms with van der Waals surface area (Å²) in [4.78, 5) is 4.83. The number of aryl methyl sites for hydroxylation is 1. The first-order valence-electron chi connectivity index (χ1n) is 10.6. The molecule has 1 heterocycles. The molecule has 6 heteroatoms. The van der Waals surface area contributed by atoms with Gasteiger partial charge in [-0.05, 0) is 48.4 Å². The van der Waals surface area contributed by atoms with Crippen LogP contribution in [0.25, 0.3) is 11.0 Å². The Morgan fingerprint density at radius 2 is 1.66 bits per heavy atom. The second-order valence-electron chi connectivity index (χ2n) is 7.72. The summed E-state index contributed by atoms with van der Waals surface area (Å²) in [7, 11) is 3.25. The van der Waals surface area contributed by atoms with Crippen molar-refractivity contribution in [2.45, 2.75) is 26.0 Å². The summed E-state index contributed by atoms with van der Waals surface area (Å²) in [6.07, 6.45) is -0.0863. The van der Waals surface area contributed by atoms with Gasteiger partial charge in [-0.3, -0.25) is 0 Å². The van der Waals surface area contributed by atoms with E-state index in [4.69, 9.17) is 19.2 Å². The van der Waals surface area contributed by atoms with E-state index in [1.54, 1.807) is 14.2 Å². The van der Waals surface area contributed by atoms with Crippen LogP contribution in [0.4, 0.5) is 0 Å². The molecule has 3 aromatic carbocycles. The molecule has 6 nitrogen and oxygen atoms in total. The van der Waals surface area contributed by atoms with Crippen LogP contribution >= 0.6 is 0 Å². The van der Waals surface area contributed by atoms with Crippen LogP contribution in [0, 0.1) is 6.92 Å². The first-order valence-corrected chi connectivity index (χ1v) is 10.6. The molecule has 4 rings (SSSR count). The summed E-state index contributed by atoms with van der Waals surface area (Å²) in [6, 6.07) is 21.6. The molecule has 0 fully saturated rings. The van der Waals surface area contributed by atoms with E-state index in [0.717, 1.165) is 33.7 Å². The second-order valence-corrected chi connectivity index (χ2v) is 7.72. The molecule has 0 aliphatic carbocycles. The number of hydrogen-bond acceptors (Lipinski definition) is 5. The average Bonchev–Trinajstić information content (AvgIpc) is 3.15. The van der Waals surface area contributed by atoms with Gasteiger partial charge in [0.2, 0.25) is 0 Å². The highest BCUT2D eigenvalue weighted by molar-refractivity contribution is 5.76. The molecule has 0 radical (unpaired) electrons. The van der Waals surface area contributed by atoms with Crippen LogP contribution in [0.15, 0.2) is 66.7 Å². The molecule has 32 heavy (non-hydrogen) atoms. The molecule has 0 spiro atoms. The number of benzene rings is 3. The average molecular weight is 433 g/mol. The van der Waals surface area contributed by atoms with Gasteiger partial charge < -0.3 is 23.9 Å². The summed E-state index contributed by atoms with van der Waals surface area (Å²) in [5, 5.41) is 10.8. The van der Waals surface area contributed by atoms with E-state index < -0.39 is 6.10 Å². The highest BCUT2D eigenvalue weighted by atomic mass is 16.5. The minimum atomic E-state index is -0.684. The van der Waals surface area contributed by atoms with Crippen molar-refractivity contribution < 1.29 is 19.3 Å². The number of nitrogens with zero attached hydrogens (tertiary/aromatic N) is 2. The molecule has 0 bridgehead atoms. The molecule has 1 N–H and O–H groups in total. The first kappa shape index (κ1) is 21.7. The Morgan fingerprint density at radius 1 is 0.906 bits per heavy atom. The lowest BCUT2D eigenvalue weighted by molar-refractivity contribution is 0.0925. The van der Waals surface area contributed by atoms with E-state index in [2.05, 4.69) is 4.57 Å². The topological polar surface area (TPSA) is 65.7 Å². The molecule has 1 aromatic heterocycles. The van der Waals surface area contributed by atoms with Gasteiger partial charge in [-0.25, -0.2) is 4.98 Å². The molecule has 0 saturated heterocycles. The fraction of sp³-hybridized carbons (Fsp3) is 0.269. The van der Waals surface area contributed by atoms with Gasteiger partial charge in [-0.2, -0.15) is 0 Å². The minimum absolute atomic E-state index is 0.202. The molecule has 1 atom stereocenters. The third-order valence-electron chi connectivity index (χ3n) is 5.46. The summed E-state index contributed by atoms with van der Waals surface area (Å²) >= 11 is 0. The zero-order valence-corrected chi connectivity index (χ0v) is 18.6. The summed E-state index contributed by atoms with van der Waals surface area (Å²) < 4.78 is 18.7. The van der Waals surface area contributed by atoms with Crippen LogP contribution in [0.1, 0.15) is 17.0 Å². The molecular weight excluding hydrogens is 404 g/mol. The maximum atomic E-state index is 10.8. The smallest absolute Gasteiger partial charge is 0.161 e. The van der Waals surface area contributed by atoms with Crippen molar-refractivity contribution >= 4 is 11.0 Å². The number of methoxy groups -OCH3 is 2. The van der Waals surface area contributed by atoms with Crippen molar-refractivity contribution in [1.82, 2.24) is 9.55 Å². The molecule has 4 aromatic rings. The number of ether oxygens (including phenoxy) is 3. The number of rotatable bonds is 9. The second kappa shape index (κ2) is 9.75. The van der Waals surface area contributed by atoms with Crippen molar-refractivity contribution in [3.63, 3.8) is 0 Å². The third-order valence-corrected chi connectivity index (χ3v) is 5.46. The Labute approximate surface area is 188 Å². The molecule has 0 saturated carbocycles. The number of hydrogen-bond donors (Lipinski definition) is 1. The van der Waals surface area contributed by atoms with E-state index in [-0.39, 0.29) is 6.61 Å². The molecule has 1 unspecified atom stereocenters. The first-order chi connectivity index (χ1) is 15.6. The van der Waals surface area contributed by atoms with E-state index in [9.17, 15) is 5.11 Å². The number of fused-ring (bicyclic) bond motifs is 1. The number of aromatic nitrogens is 2. The van der Waals surface area contributed by atoms with Gasteiger partial charge in [-0.15, -0.1) is 0 Å². The van der Waals surface area contributed by atoms with Gasteiger partial charge in [-0.1, -0.05) is 36.4 Å². The quantitative estimate of drug-likeness (QED) is 0.425. The van der Waals surface area contributed by atoms with Gasteiger partial charge in [0, 0.05) is 6.42 Å². The minimum Gasteiger partial charge on any atom is -0.493 e. The Balaban J connectivity index is 1.57. The summed E-state index contributed by atoms with van der Waals surface area (Å²) in [5.74, 6) is 3.02. The lowest BCUT2D eigenvalue weighted by Gasteiger charge is -2.17.